The summed E-state index contributed by atoms with van der Waals surface area (Å²) in [4.78, 5) is 27.1. The molecule has 2 aromatic carbocycles. The molecule has 1 unspecified atom stereocenters. The van der Waals surface area contributed by atoms with Crippen molar-refractivity contribution in [2.75, 3.05) is 20.8 Å². The fourth-order valence-electron chi connectivity index (χ4n) is 3.57. The van der Waals surface area contributed by atoms with Crippen LogP contribution < -0.4 is 9.47 Å². The molecule has 1 saturated heterocycles. The van der Waals surface area contributed by atoms with E-state index in [4.69, 9.17) is 9.47 Å². The number of Topliss-reactive ketones (excluding diaryl/α,β-unsaturated/α-hetero) is 1. The molecule has 0 aliphatic carbocycles. The van der Waals surface area contributed by atoms with Crippen LogP contribution in [0.25, 0.3) is 5.76 Å². The lowest BCUT2D eigenvalue weighted by Gasteiger charge is -2.25. The molecular formula is C23H24FNO5. The molecule has 2 aromatic rings. The maximum absolute atomic E-state index is 13.3. The zero-order valence-corrected chi connectivity index (χ0v) is 17.1. The van der Waals surface area contributed by atoms with Crippen molar-refractivity contribution in [2.45, 2.75) is 25.8 Å². The molecule has 1 amide bonds. The number of hydrogen-bond acceptors (Lipinski definition) is 5. The average Bonchev–Trinajstić information content (AvgIpc) is 3.01. The second-order valence-corrected chi connectivity index (χ2v) is 6.97. The van der Waals surface area contributed by atoms with Crippen LogP contribution in [0.1, 0.15) is 36.9 Å². The smallest absolute Gasteiger partial charge is 0.295 e. The number of amides is 1. The van der Waals surface area contributed by atoms with Crippen LogP contribution in [0, 0.1) is 5.82 Å². The minimum absolute atomic E-state index is 0.0325. The fourth-order valence-corrected chi connectivity index (χ4v) is 3.57. The molecule has 7 heteroatoms. The Morgan fingerprint density at radius 2 is 1.73 bits per heavy atom. The minimum atomic E-state index is -0.790. The lowest BCUT2D eigenvalue weighted by Crippen LogP contribution is -2.30. The molecule has 1 heterocycles. The Hall–Kier alpha value is -3.35. The van der Waals surface area contributed by atoms with Crippen LogP contribution in [0.15, 0.2) is 48.0 Å². The number of hydrogen-bond donors (Lipinski definition) is 1. The average molecular weight is 413 g/mol. The van der Waals surface area contributed by atoms with Crippen LogP contribution in [-0.4, -0.2) is 42.5 Å². The quantitative estimate of drug-likeness (QED) is 0.421. The number of nitrogens with zero attached hydrogens (tertiary/aromatic N) is 1. The molecule has 0 spiro atoms. The van der Waals surface area contributed by atoms with E-state index >= 15 is 0 Å². The van der Waals surface area contributed by atoms with E-state index in [1.165, 1.54) is 43.4 Å². The predicted octanol–water partition coefficient (Wildman–Crippen LogP) is 4.06. The standard InChI is InChI=1S/C23H24FNO5/c1-4-5-12-25-20(15-8-11-17(29-2)18(13-15)30-3)19(22(27)23(25)28)21(26)14-6-9-16(24)10-7-14/h6-11,13,20,26H,4-5,12H2,1-3H3/b21-19-. The van der Waals surface area contributed by atoms with Gasteiger partial charge in [-0.15, -0.1) is 0 Å². The van der Waals surface area contributed by atoms with E-state index in [9.17, 15) is 19.1 Å². The summed E-state index contributed by atoms with van der Waals surface area (Å²) in [5.74, 6) is -1.30. The largest absolute Gasteiger partial charge is 0.507 e. The van der Waals surface area contributed by atoms with Crippen molar-refractivity contribution in [2.24, 2.45) is 0 Å². The maximum atomic E-state index is 13.3. The van der Waals surface area contributed by atoms with Crippen molar-refractivity contribution in [3.8, 4) is 11.5 Å². The molecule has 0 saturated carbocycles. The second-order valence-electron chi connectivity index (χ2n) is 6.97. The van der Waals surface area contributed by atoms with Crippen LogP contribution in [0.3, 0.4) is 0 Å². The Bertz CT molecular complexity index is 984. The van der Waals surface area contributed by atoms with E-state index in [-0.39, 0.29) is 16.9 Å². The Balaban J connectivity index is 2.18. The van der Waals surface area contributed by atoms with Gasteiger partial charge in [-0.3, -0.25) is 9.59 Å². The third-order valence-corrected chi connectivity index (χ3v) is 5.13. The number of aliphatic hydroxyl groups excluding tert-OH is 1. The van der Waals surface area contributed by atoms with E-state index < -0.39 is 23.5 Å². The molecule has 3 rings (SSSR count). The van der Waals surface area contributed by atoms with E-state index in [1.54, 1.807) is 18.2 Å². The van der Waals surface area contributed by atoms with E-state index in [1.807, 2.05) is 6.92 Å². The number of ketones is 1. The summed E-state index contributed by atoms with van der Waals surface area (Å²) in [6, 6.07) is 9.43. The summed E-state index contributed by atoms with van der Waals surface area (Å²) in [5, 5.41) is 10.9. The minimum Gasteiger partial charge on any atom is -0.507 e. The summed E-state index contributed by atoms with van der Waals surface area (Å²) < 4.78 is 24.0. The number of halogens is 1. The molecule has 0 bridgehead atoms. The van der Waals surface area contributed by atoms with Crippen molar-refractivity contribution in [1.82, 2.24) is 4.90 Å². The second kappa shape index (κ2) is 8.98. The van der Waals surface area contributed by atoms with Gasteiger partial charge in [0.15, 0.2) is 11.5 Å². The Morgan fingerprint density at radius 3 is 2.33 bits per heavy atom. The van der Waals surface area contributed by atoms with Crippen LogP contribution in [0.4, 0.5) is 4.39 Å². The van der Waals surface area contributed by atoms with Gasteiger partial charge in [0.1, 0.15) is 11.6 Å². The first kappa shape index (κ1) is 21.4. The zero-order valence-electron chi connectivity index (χ0n) is 17.1. The third-order valence-electron chi connectivity index (χ3n) is 5.13. The Morgan fingerprint density at radius 1 is 1.07 bits per heavy atom. The lowest BCUT2D eigenvalue weighted by molar-refractivity contribution is -0.139. The number of carbonyl (C=O) groups is 2. The molecule has 30 heavy (non-hydrogen) atoms. The Labute approximate surface area is 174 Å². The van der Waals surface area contributed by atoms with Gasteiger partial charge in [-0.1, -0.05) is 19.4 Å². The normalized spacial score (nSPS) is 18.0. The van der Waals surface area contributed by atoms with Gasteiger partial charge < -0.3 is 19.5 Å². The van der Waals surface area contributed by atoms with Crippen molar-refractivity contribution in [3.05, 3.63) is 65.0 Å². The van der Waals surface area contributed by atoms with Gasteiger partial charge >= 0.3 is 0 Å². The SMILES string of the molecule is CCCCN1C(=O)C(=O)/C(=C(\O)c2ccc(F)cc2)C1c1ccc(OC)c(OC)c1. The number of methoxy groups -OCH3 is 2. The highest BCUT2D eigenvalue weighted by Crippen LogP contribution is 2.42. The summed E-state index contributed by atoms with van der Waals surface area (Å²) in [6.07, 6.45) is 1.53. The first-order chi connectivity index (χ1) is 14.4. The molecule has 1 aliphatic rings. The number of benzene rings is 2. The van der Waals surface area contributed by atoms with Gasteiger partial charge in [-0.2, -0.15) is 0 Å². The monoisotopic (exact) mass is 413 g/mol. The van der Waals surface area contributed by atoms with Gasteiger partial charge in [-0.05, 0) is 48.4 Å². The number of aliphatic hydroxyl groups is 1. The van der Waals surface area contributed by atoms with Crippen molar-refractivity contribution in [3.63, 3.8) is 0 Å². The van der Waals surface area contributed by atoms with Crippen LogP contribution in [-0.2, 0) is 9.59 Å². The topological polar surface area (TPSA) is 76.1 Å². The van der Waals surface area contributed by atoms with E-state index in [2.05, 4.69) is 0 Å². The fraction of sp³-hybridized carbons (Fsp3) is 0.304. The molecule has 0 radical (unpaired) electrons. The maximum Gasteiger partial charge on any atom is 0.295 e. The molecular weight excluding hydrogens is 389 g/mol. The highest BCUT2D eigenvalue weighted by molar-refractivity contribution is 6.46. The lowest BCUT2D eigenvalue weighted by atomic mass is 9.95. The molecule has 6 nitrogen and oxygen atoms in total. The van der Waals surface area contributed by atoms with Gasteiger partial charge in [-0.25, -0.2) is 4.39 Å². The molecule has 1 fully saturated rings. The predicted molar refractivity (Wildman–Crippen MR) is 110 cm³/mol. The number of carbonyl (C=O) groups excluding carboxylic acids is 2. The van der Waals surface area contributed by atoms with Crippen LogP contribution in [0.5, 0.6) is 11.5 Å². The van der Waals surface area contributed by atoms with Crippen molar-refractivity contribution < 1.29 is 28.6 Å². The number of rotatable bonds is 7. The number of unbranched alkanes of at least 4 members (excludes halogenated alkanes) is 1. The first-order valence-corrected chi connectivity index (χ1v) is 9.69. The van der Waals surface area contributed by atoms with Gasteiger partial charge in [0, 0.05) is 12.1 Å². The summed E-state index contributed by atoms with van der Waals surface area (Å²) in [5.41, 5.74) is 0.830. The van der Waals surface area contributed by atoms with Crippen molar-refractivity contribution in [1.29, 1.82) is 0 Å². The summed E-state index contributed by atoms with van der Waals surface area (Å²) >= 11 is 0. The number of likely N-dealkylation sites (tertiary alicyclic amines) is 1. The first-order valence-electron chi connectivity index (χ1n) is 9.69. The van der Waals surface area contributed by atoms with Gasteiger partial charge in [0.2, 0.25) is 0 Å². The molecule has 0 aromatic heterocycles. The van der Waals surface area contributed by atoms with Gasteiger partial charge in [0.25, 0.3) is 11.7 Å². The third kappa shape index (κ3) is 3.87. The van der Waals surface area contributed by atoms with Gasteiger partial charge in [0.05, 0.1) is 25.8 Å². The van der Waals surface area contributed by atoms with E-state index in [0.29, 0.717) is 30.0 Å². The molecule has 158 valence electrons. The van der Waals surface area contributed by atoms with E-state index in [0.717, 1.165) is 6.42 Å². The number of ether oxygens (including phenoxy) is 2. The van der Waals surface area contributed by atoms with Crippen molar-refractivity contribution >= 4 is 17.4 Å². The van der Waals surface area contributed by atoms with Crippen LogP contribution >= 0.6 is 0 Å². The molecule has 1 aliphatic heterocycles. The highest BCUT2D eigenvalue weighted by atomic mass is 19.1. The molecule has 1 atom stereocenters. The summed E-state index contributed by atoms with van der Waals surface area (Å²) in [6.45, 7) is 2.35. The summed E-state index contributed by atoms with van der Waals surface area (Å²) in [7, 11) is 3.01. The molecule has 1 N–H and O–H groups in total. The Kier molecular flexibility index (Phi) is 6.40. The van der Waals surface area contributed by atoms with Crippen LogP contribution in [0.2, 0.25) is 0 Å². The zero-order chi connectivity index (χ0) is 21.8. The highest BCUT2D eigenvalue weighted by Gasteiger charge is 2.45.